The quantitative estimate of drug-likeness (QED) is 0.637. The fraction of sp³-hybridized carbons (Fsp3) is 0.312. The Bertz CT molecular complexity index is 739. The topological polar surface area (TPSA) is 74.5 Å². The van der Waals surface area contributed by atoms with Crippen LogP contribution in [-0.4, -0.2) is 16.5 Å². The minimum Gasteiger partial charge on any atom is -0.492 e. The van der Waals surface area contributed by atoms with Gasteiger partial charge in [0.1, 0.15) is 17.7 Å². The number of hydrogen-bond acceptors (Lipinski definition) is 5. The molecule has 0 aliphatic carbocycles. The van der Waals surface area contributed by atoms with E-state index in [1.54, 1.807) is 0 Å². The lowest BCUT2D eigenvalue weighted by Crippen LogP contribution is -2.19. The van der Waals surface area contributed by atoms with Crippen LogP contribution >= 0.6 is 0 Å². The second-order valence-corrected chi connectivity index (χ2v) is 5.97. The van der Waals surface area contributed by atoms with Crippen LogP contribution in [0.2, 0.25) is 0 Å². The standard InChI is InChI=1S/C16H16N2O4/c1-10-4-6-12(14-15(10)21-9-16(14,2)3)22-13-7-5-11(8-17-13)18(19)20/h4-8H,9H2,1-3H3. The number of nitrogens with zero attached hydrogens (tertiary/aromatic N) is 2. The highest BCUT2D eigenvalue weighted by Crippen LogP contribution is 2.46. The van der Waals surface area contributed by atoms with Gasteiger partial charge in [-0.25, -0.2) is 4.98 Å². The van der Waals surface area contributed by atoms with Gasteiger partial charge < -0.3 is 9.47 Å². The number of hydrogen-bond donors (Lipinski definition) is 0. The van der Waals surface area contributed by atoms with Crippen molar-refractivity contribution in [3.63, 3.8) is 0 Å². The Hall–Kier alpha value is -2.63. The molecule has 0 fully saturated rings. The molecule has 1 aliphatic heterocycles. The van der Waals surface area contributed by atoms with Gasteiger partial charge in [0.15, 0.2) is 0 Å². The van der Waals surface area contributed by atoms with Crippen LogP contribution in [0, 0.1) is 17.0 Å². The van der Waals surface area contributed by atoms with E-state index in [4.69, 9.17) is 9.47 Å². The smallest absolute Gasteiger partial charge is 0.287 e. The molecule has 0 atom stereocenters. The summed E-state index contributed by atoms with van der Waals surface area (Å²) in [7, 11) is 0. The molecule has 0 amide bonds. The van der Waals surface area contributed by atoms with Crippen molar-refractivity contribution in [2.75, 3.05) is 6.61 Å². The molecule has 0 saturated heterocycles. The van der Waals surface area contributed by atoms with E-state index in [-0.39, 0.29) is 11.1 Å². The summed E-state index contributed by atoms with van der Waals surface area (Å²) in [6.07, 6.45) is 1.19. The zero-order valence-corrected chi connectivity index (χ0v) is 12.6. The van der Waals surface area contributed by atoms with E-state index < -0.39 is 4.92 Å². The van der Waals surface area contributed by atoms with Crippen molar-refractivity contribution in [3.05, 3.63) is 51.7 Å². The third-order valence-corrected chi connectivity index (χ3v) is 3.72. The van der Waals surface area contributed by atoms with Crippen molar-refractivity contribution in [1.29, 1.82) is 0 Å². The number of pyridine rings is 1. The Morgan fingerprint density at radius 2 is 2.09 bits per heavy atom. The summed E-state index contributed by atoms with van der Waals surface area (Å²) in [4.78, 5) is 14.2. The first-order valence-corrected chi connectivity index (χ1v) is 6.94. The van der Waals surface area contributed by atoms with E-state index in [2.05, 4.69) is 18.8 Å². The van der Waals surface area contributed by atoms with Crippen molar-refractivity contribution < 1.29 is 14.4 Å². The fourth-order valence-corrected chi connectivity index (χ4v) is 2.56. The Morgan fingerprint density at radius 1 is 1.32 bits per heavy atom. The van der Waals surface area contributed by atoms with E-state index in [0.29, 0.717) is 18.2 Å². The number of nitro groups is 1. The van der Waals surface area contributed by atoms with E-state index >= 15 is 0 Å². The number of rotatable bonds is 3. The van der Waals surface area contributed by atoms with Crippen LogP contribution in [0.5, 0.6) is 17.4 Å². The van der Waals surface area contributed by atoms with Crippen molar-refractivity contribution in [2.24, 2.45) is 0 Å². The van der Waals surface area contributed by atoms with E-state index in [0.717, 1.165) is 16.9 Å². The van der Waals surface area contributed by atoms with Crippen molar-refractivity contribution in [2.45, 2.75) is 26.2 Å². The van der Waals surface area contributed by atoms with Crippen LogP contribution < -0.4 is 9.47 Å². The maximum absolute atomic E-state index is 10.7. The molecule has 0 spiro atoms. The lowest BCUT2D eigenvalue weighted by Gasteiger charge is -2.19. The van der Waals surface area contributed by atoms with Gasteiger partial charge in [-0.15, -0.1) is 0 Å². The maximum Gasteiger partial charge on any atom is 0.287 e. The zero-order valence-electron chi connectivity index (χ0n) is 12.6. The number of benzene rings is 1. The Balaban J connectivity index is 1.97. The molecule has 6 nitrogen and oxygen atoms in total. The fourth-order valence-electron chi connectivity index (χ4n) is 2.56. The molecule has 0 unspecified atom stereocenters. The number of ether oxygens (including phenoxy) is 2. The van der Waals surface area contributed by atoms with Crippen molar-refractivity contribution in [1.82, 2.24) is 4.98 Å². The highest BCUT2D eigenvalue weighted by molar-refractivity contribution is 5.56. The van der Waals surface area contributed by atoms with Gasteiger partial charge in [0.25, 0.3) is 5.69 Å². The summed E-state index contributed by atoms with van der Waals surface area (Å²) < 4.78 is 11.6. The van der Waals surface area contributed by atoms with Crippen molar-refractivity contribution in [3.8, 4) is 17.4 Å². The molecule has 1 aromatic carbocycles. The molecule has 0 saturated carbocycles. The highest BCUT2D eigenvalue weighted by atomic mass is 16.6. The molecule has 2 heterocycles. The predicted molar refractivity (Wildman–Crippen MR) is 80.7 cm³/mol. The first-order chi connectivity index (χ1) is 10.4. The Labute approximate surface area is 127 Å². The minimum atomic E-state index is -0.489. The minimum absolute atomic E-state index is 0.0647. The normalized spacial score (nSPS) is 15.0. The molecule has 114 valence electrons. The second kappa shape index (κ2) is 4.98. The summed E-state index contributed by atoms with van der Waals surface area (Å²) in [5.41, 5.74) is 1.85. The second-order valence-electron chi connectivity index (χ2n) is 5.97. The van der Waals surface area contributed by atoms with Gasteiger partial charge in [-0.05, 0) is 18.6 Å². The largest absolute Gasteiger partial charge is 0.492 e. The zero-order chi connectivity index (χ0) is 15.9. The molecular formula is C16H16N2O4. The Kier molecular flexibility index (Phi) is 3.24. The van der Waals surface area contributed by atoms with Gasteiger partial charge in [-0.3, -0.25) is 10.1 Å². The third kappa shape index (κ3) is 2.36. The van der Waals surface area contributed by atoms with Gasteiger partial charge in [0, 0.05) is 23.1 Å². The molecule has 0 bridgehead atoms. The first kappa shape index (κ1) is 14.3. The summed E-state index contributed by atoms with van der Waals surface area (Å²) in [6, 6.07) is 6.68. The molecule has 2 aromatic rings. The first-order valence-electron chi connectivity index (χ1n) is 6.94. The maximum atomic E-state index is 10.7. The summed E-state index contributed by atoms with van der Waals surface area (Å²) in [5, 5.41) is 10.7. The summed E-state index contributed by atoms with van der Waals surface area (Å²) >= 11 is 0. The highest BCUT2D eigenvalue weighted by Gasteiger charge is 2.36. The van der Waals surface area contributed by atoms with Crippen LogP contribution in [0.4, 0.5) is 5.69 Å². The summed E-state index contributed by atoms with van der Waals surface area (Å²) in [5.74, 6) is 1.84. The number of aromatic nitrogens is 1. The molecule has 3 rings (SSSR count). The van der Waals surface area contributed by atoms with Crippen LogP contribution in [0.15, 0.2) is 30.5 Å². The van der Waals surface area contributed by atoms with Gasteiger partial charge in [0.05, 0.1) is 11.5 Å². The monoisotopic (exact) mass is 300 g/mol. The predicted octanol–water partition coefficient (Wildman–Crippen LogP) is 3.76. The average Bonchev–Trinajstić information content (AvgIpc) is 2.80. The number of fused-ring (bicyclic) bond motifs is 1. The molecule has 1 aromatic heterocycles. The molecule has 6 heteroatoms. The van der Waals surface area contributed by atoms with Crippen LogP contribution in [0.3, 0.4) is 0 Å². The summed E-state index contributed by atoms with van der Waals surface area (Å²) in [6.45, 7) is 6.77. The van der Waals surface area contributed by atoms with Gasteiger partial charge in [-0.1, -0.05) is 19.9 Å². The molecular weight excluding hydrogens is 284 g/mol. The molecule has 0 N–H and O–H groups in total. The van der Waals surface area contributed by atoms with E-state index in [1.165, 1.54) is 18.3 Å². The molecule has 1 aliphatic rings. The van der Waals surface area contributed by atoms with E-state index in [9.17, 15) is 10.1 Å². The third-order valence-electron chi connectivity index (χ3n) is 3.72. The lowest BCUT2D eigenvalue weighted by molar-refractivity contribution is -0.385. The Morgan fingerprint density at radius 3 is 2.73 bits per heavy atom. The SMILES string of the molecule is Cc1ccc(Oc2ccc([N+](=O)[O-])cn2)c2c1OCC2(C)C. The van der Waals surface area contributed by atoms with Gasteiger partial charge in [-0.2, -0.15) is 0 Å². The lowest BCUT2D eigenvalue weighted by atomic mass is 9.85. The van der Waals surface area contributed by atoms with Gasteiger partial charge >= 0.3 is 0 Å². The molecule has 0 radical (unpaired) electrons. The average molecular weight is 300 g/mol. The van der Waals surface area contributed by atoms with Gasteiger partial charge in [0.2, 0.25) is 5.88 Å². The van der Waals surface area contributed by atoms with Crippen LogP contribution in [0.1, 0.15) is 25.0 Å². The van der Waals surface area contributed by atoms with E-state index in [1.807, 2.05) is 19.1 Å². The van der Waals surface area contributed by atoms with Crippen LogP contribution in [-0.2, 0) is 5.41 Å². The van der Waals surface area contributed by atoms with Crippen LogP contribution in [0.25, 0.3) is 0 Å². The molecule has 22 heavy (non-hydrogen) atoms. The van der Waals surface area contributed by atoms with Crippen molar-refractivity contribution >= 4 is 5.69 Å². The number of aryl methyl sites for hydroxylation is 1.